The second-order valence-corrected chi connectivity index (χ2v) is 7.55. The molecule has 3 heterocycles. The molecule has 0 atom stereocenters. The number of carbonyl (C=O) groups is 1. The number of pyridine rings is 1. The van der Waals surface area contributed by atoms with Gasteiger partial charge in [-0.15, -0.1) is 10.2 Å². The second-order valence-electron chi connectivity index (χ2n) is 6.49. The van der Waals surface area contributed by atoms with E-state index in [0.29, 0.717) is 47.9 Å². The highest BCUT2D eigenvalue weighted by Crippen LogP contribution is 2.23. The zero-order chi connectivity index (χ0) is 20.1. The lowest BCUT2D eigenvalue weighted by Crippen LogP contribution is -2.25. The number of rotatable bonds is 8. The minimum Gasteiger partial charge on any atom is -0.493 e. The third-order valence-electron chi connectivity index (χ3n) is 4.48. The average molecular weight is 413 g/mol. The van der Waals surface area contributed by atoms with Gasteiger partial charge in [-0.2, -0.15) is 0 Å². The molecule has 1 aromatic carbocycles. The molecule has 1 saturated heterocycles. The summed E-state index contributed by atoms with van der Waals surface area (Å²) in [6.07, 6.45) is 3.17. The number of aromatic nitrogens is 4. The Balaban J connectivity index is 1.45. The lowest BCUT2D eigenvalue weighted by molar-refractivity contribution is -0.128. The highest BCUT2D eigenvalue weighted by Gasteiger charge is 2.24. The smallest absolute Gasteiger partial charge is 0.223 e. The van der Waals surface area contributed by atoms with Crippen molar-refractivity contribution in [2.75, 3.05) is 18.9 Å². The van der Waals surface area contributed by atoms with Crippen LogP contribution in [0.5, 0.6) is 5.75 Å². The maximum Gasteiger partial charge on any atom is 0.223 e. The first kappa shape index (κ1) is 19.4. The Morgan fingerprint density at radius 2 is 2.00 bits per heavy atom. The molecule has 4 rings (SSSR count). The van der Waals surface area contributed by atoms with E-state index < -0.39 is 0 Å². The topological polar surface area (TPSA) is 73.1 Å². The van der Waals surface area contributed by atoms with Crippen LogP contribution in [0, 0.1) is 5.82 Å². The Morgan fingerprint density at radius 3 is 2.72 bits per heavy atom. The van der Waals surface area contributed by atoms with Gasteiger partial charge in [-0.05, 0) is 42.8 Å². The second kappa shape index (κ2) is 9.04. The van der Waals surface area contributed by atoms with Crippen LogP contribution in [0.25, 0.3) is 5.82 Å². The molecule has 1 fully saturated rings. The van der Waals surface area contributed by atoms with Crippen LogP contribution in [0.4, 0.5) is 4.39 Å². The van der Waals surface area contributed by atoms with Gasteiger partial charge in [-0.1, -0.05) is 17.8 Å². The van der Waals surface area contributed by atoms with Gasteiger partial charge >= 0.3 is 0 Å². The Bertz CT molecular complexity index is 965. The van der Waals surface area contributed by atoms with Crippen molar-refractivity contribution in [2.24, 2.45) is 0 Å². The van der Waals surface area contributed by atoms with Crippen LogP contribution in [0.15, 0.2) is 53.8 Å². The van der Waals surface area contributed by atoms with Crippen LogP contribution in [0.3, 0.4) is 0 Å². The summed E-state index contributed by atoms with van der Waals surface area (Å²) in [7, 11) is 0. The lowest BCUT2D eigenvalue weighted by atomic mass is 10.3. The van der Waals surface area contributed by atoms with E-state index in [-0.39, 0.29) is 11.7 Å². The van der Waals surface area contributed by atoms with E-state index in [0.717, 1.165) is 13.0 Å². The molecule has 0 aliphatic carbocycles. The van der Waals surface area contributed by atoms with E-state index >= 15 is 0 Å². The Kier molecular flexibility index (Phi) is 6.04. The van der Waals surface area contributed by atoms with Crippen molar-refractivity contribution >= 4 is 17.7 Å². The van der Waals surface area contributed by atoms with E-state index in [9.17, 15) is 9.18 Å². The largest absolute Gasteiger partial charge is 0.493 e. The lowest BCUT2D eigenvalue weighted by Gasteiger charge is -2.16. The first-order valence-corrected chi connectivity index (χ1v) is 10.3. The number of ether oxygens (including phenoxy) is 1. The van der Waals surface area contributed by atoms with Crippen LogP contribution in [-0.4, -0.2) is 49.5 Å². The molecule has 29 heavy (non-hydrogen) atoms. The van der Waals surface area contributed by atoms with Crippen molar-refractivity contribution in [3.8, 4) is 11.6 Å². The van der Waals surface area contributed by atoms with Crippen LogP contribution >= 0.6 is 11.8 Å². The highest BCUT2D eigenvalue weighted by atomic mass is 32.2. The van der Waals surface area contributed by atoms with Crippen LogP contribution in [-0.2, 0) is 11.3 Å². The fourth-order valence-electron chi connectivity index (χ4n) is 3.08. The maximum atomic E-state index is 13.0. The van der Waals surface area contributed by atoms with Crippen molar-refractivity contribution in [1.29, 1.82) is 0 Å². The minimum atomic E-state index is -0.292. The molecular weight excluding hydrogens is 393 g/mol. The number of benzene rings is 1. The number of nitrogens with zero attached hydrogens (tertiary/aromatic N) is 5. The third kappa shape index (κ3) is 4.73. The summed E-state index contributed by atoms with van der Waals surface area (Å²) in [4.78, 5) is 18.2. The summed E-state index contributed by atoms with van der Waals surface area (Å²) in [6, 6.07) is 11.6. The number of carbonyl (C=O) groups excluding carboxylic acids is 1. The van der Waals surface area contributed by atoms with Crippen molar-refractivity contribution < 1.29 is 13.9 Å². The van der Waals surface area contributed by atoms with Crippen LogP contribution in [0.2, 0.25) is 0 Å². The van der Waals surface area contributed by atoms with E-state index in [1.54, 1.807) is 23.2 Å². The number of thioether (sulfide) groups is 1. The van der Waals surface area contributed by atoms with Gasteiger partial charge in [0.1, 0.15) is 17.4 Å². The Morgan fingerprint density at radius 1 is 1.14 bits per heavy atom. The molecule has 1 aliphatic heterocycles. The van der Waals surface area contributed by atoms with Crippen molar-refractivity contribution in [3.05, 3.63) is 60.3 Å². The summed E-state index contributed by atoms with van der Waals surface area (Å²) in [5, 5.41) is 9.31. The quantitative estimate of drug-likeness (QED) is 0.417. The molecule has 0 saturated carbocycles. The minimum absolute atomic E-state index is 0.141. The molecule has 0 radical (unpaired) electrons. The molecule has 0 unspecified atom stereocenters. The predicted octanol–water partition coefficient (Wildman–Crippen LogP) is 3.09. The molecule has 150 valence electrons. The van der Waals surface area contributed by atoms with Gasteiger partial charge < -0.3 is 9.64 Å². The van der Waals surface area contributed by atoms with Gasteiger partial charge in [0.15, 0.2) is 11.0 Å². The van der Waals surface area contributed by atoms with Gasteiger partial charge in [0, 0.05) is 24.9 Å². The van der Waals surface area contributed by atoms with Crippen LogP contribution < -0.4 is 4.74 Å². The monoisotopic (exact) mass is 413 g/mol. The van der Waals surface area contributed by atoms with Gasteiger partial charge in [0.25, 0.3) is 0 Å². The van der Waals surface area contributed by atoms with Gasteiger partial charge in [-0.25, -0.2) is 9.37 Å². The summed E-state index contributed by atoms with van der Waals surface area (Å²) < 4.78 is 20.5. The number of likely N-dealkylation sites (tertiary alicyclic amines) is 1. The summed E-state index contributed by atoms with van der Waals surface area (Å²) in [6.45, 7) is 1.59. The molecule has 0 spiro atoms. The van der Waals surface area contributed by atoms with E-state index in [4.69, 9.17) is 4.74 Å². The molecule has 9 heteroatoms. The first-order valence-electron chi connectivity index (χ1n) is 9.35. The van der Waals surface area contributed by atoms with E-state index in [1.807, 2.05) is 22.8 Å². The average Bonchev–Trinajstić information content (AvgIpc) is 3.33. The zero-order valence-corrected chi connectivity index (χ0v) is 16.5. The number of hydrogen-bond acceptors (Lipinski definition) is 6. The third-order valence-corrected chi connectivity index (χ3v) is 5.37. The fourth-order valence-corrected chi connectivity index (χ4v) is 3.85. The standard InChI is InChI=1S/C20H20FN5O2S/c21-15-6-8-16(9-7-15)28-12-13-29-20-24-23-18(14-25-11-3-5-19(25)27)26(20)17-4-1-2-10-22-17/h1-2,4,6-10H,3,5,11-14H2. The zero-order valence-electron chi connectivity index (χ0n) is 15.7. The Hall–Kier alpha value is -2.94. The summed E-state index contributed by atoms with van der Waals surface area (Å²) in [5.41, 5.74) is 0. The maximum absolute atomic E-state index is 13.0. The van der Waals surface area contributed by atoms with Crippen molar-refractivity contribution in [2.45, 2.75) is 24.5 Å². The molecule has 2 aromatic heterocycles. The van der Waals surface area contributed by atoms with Gasteiger partial charge in [-0.3, -0.25) is 9.36 Å². The molecule has 3 aromatic rings. The van der Waals surface area contributed by atoms with Crippen molar-refractivity contribution in [1.82, 2.24) is 24.6 Å². The summed E-state index contributed by atoms with van der Waals surface area (Å²) >= 11 is 1.49. The van der Waals surface area contributed by atoms with E-state index in [2.05, 4.69) is 15.2 Å². The highest BCUT2D eigenvalue weighted by molar-refractivity contribution is 7.99. The molecule has 1 amide bonds. The van der Waals surface area contributed by atoms with E-state index in [1.165, 1.54) is 23.9 Å². The normalized spacial score (nSPS) is 13.8. The Labute approximate surface area is 171 Å². The number of hydrogen-bond donors (Lipinski definition) is 0. The molecule has 0 N–H and O–H groups in total. The number of amides is 1. The molecule has 0 bridgehead atoms. The molecular formula is C20H20FN5O2S. The first-order chi connectivity index (χ1) is 14.2. The number of halogens is 1. The SMILES string of the molecule is O=C1CCCN1Cc1nnc(SCCOc2ccc(F)cc2)n1-c1ccccn1. The predicted molar refractivity (Wildman–Crippen MR) is 106 cm³/mol. The van der Waals surface area contributed by atoms with Gasteiger partial charge in [0.05, 0.1) is 13.2 Å². The van der Waals surface area contributed by atoms with Gasteiger partial charge in [0.2, 0.25) is 5.91 Å². The fraction of sp³-hybridized carbons (Fsp3) is 0.300. The molecule has 1 aliphatic rings. The van der Waals surface area contributed by atoms with Crippen molar-refractivity contribution in [3.63, 3.8) is 0 Å². The van der Waals surface area contributed by atoms with Crippen LogP contribution in [0.1, 0.15) is 18.7 Å². The molecule has 7 nitrogen and oxygen atoms in total. The summed E-state index contributed by atoms with van der Waals surface area (Å²) in [5.74, 6) is 2.49.